The Bertz CT molecular complexity index is 754. The Morgan fingerprint density at radius 3 is 2.31 bits per heavy atom. The van der Waals surface area contributed by atoms with Crippen LogP contribution in [0.15, 0.2) is 18.2 Å². The van der Waals surface area contributed by atoms with Crippen molar-refractivity contribution in [1.82, 2.24) is 14.8 Å². The molecule has 1 aromatic heterocycles. The maximum atomic E-state index is 12.4. The van der Waals surface area contributed by atoms with Crippen LogP contribution >= 0.6 is 0 Å². The number of carbonyl (C=O) groups excluding carboxylic acids is 1. The Balaban J connectivity index is 1.61. The topological polar surface area (TPSA) is 59.8 Å². The van der Waals surface area contributed by atoms with Crippen molar-refractivity contribution in [3.8, 4) is 0 Å². The van der Waals surface area contributed by atoms with Crippen LogP contribution in [0.1, 0.15) is 68.3 Å². The highest BCUT2D eigenvalue weighted by Gasteiger charge is 2.29. The number of aromatic nitrogens is 3. The van der Waals surface area contributed by atoms with Crippen molar-refractivity contribution in [1.29, 1.82) is 0 Å². The van der Waals surface area contributed by atoms with Gasteiger partial charge in [0.2, 0.25) is 5.91 Å². The molecule has 1 aromatic carbocycles. The molecular formula is C21H30N4O. The minimum atomic E-state index is 0.0316. The predicted molar refractivity (Wildman–Crippen MR) is 104 cm³/mol. The molecule has 26 heavy (non-hydrogen) atoms. The molecule has 1 heterocycles. The Labute approximate surface area is 156 Å². The molecule has 0 atom stereocenters. The van der Waals surface area contributed by atoms with Crippen LogP contribution in [0.4, 0.5) is 5.69 Å². The van der Waals surface area contributed by atoms with E-state index in [2.05, 4.69) is 40.0 Å². The fraction of sp³-hybridized carbons (Fsp3) is 0.571. The summed E-state index contributed by atoms with van der Waals surface area (Å²) in [5, 5.41) is 11.8. The van der Waals surface area contributed by atoms with Gasteiger partial charge >= 0.3 is 0 Å². The fourth-order valence-corrected chi connectivity index (χ4v) is 3.37. The number of carbonyl (C=O) groups is 1. The van der Waals surface area contributed by atoms with Gasteiger partial charge in [0.1, 0.15) is 11.6 Å². The third-order valence-electron chi connectivity index (χ3n) is 4.78. The zero-order valence-electron chi connectivity index (χ0n) is 16.4. The summed E-state index contributed by atoms with van der Waals surface area (Å²) in [6.45, 7) is 8.55. The van der Waals surface area contributed by atoms with Crippen LogP contribution in [0.5, 0.6) is 0 Å². The van der Waals surface area contributed by atoms with E-state index in [0.29, 0.717) is 24.8 Å². The monoisotopic (exact) mass is 354 g/mol. The lowest BCUT2D eigenvalue weighted by Crippen LogP contribution is -2.15. The van der Waals surface area contributed by atoms with Crippen molar-refractivity contribution in [2.75, 3.05) is 5.32 Å². The molecule has 0 bridgehead atoms. The summed E-state index contributed by atoms with van der Waals surface area (Å²) in [6, 6.07) is 6.65. The summed E-state index contributed by atoms with van der Waals surface area (Å²) in [7, 11) is 0. The normalized spacial score (nSPS) is 14.0. The number of amides is 1. The standard InChI is InChI=1S/C21H30N4O/c1-14(2)5-8-19-23-24-20(25(19)18-6-7-18)9-10-21(26)22-17-12-15(3)11-16(4)13-17/h11-14,18H,5-10H2,1-4H3,(H,22,26). The zero-order valence-corrected chi connectivity index (χ0v) is 16.4. The Kier molecular flexibility index (Phi) is 5.74. The van der Waals surface area contributed by atoms with Crippen LogP contribution in [0.2, 0.25) is 0 Å². The predicted octanol–water partition coefficient (Wildman–Crippen LogP) is 4.39. The molecule has 5 heteroatoms. The molecule has 1 saturated carbocycles. The summed E-state index contributed by atoms with van der Waals surface area (Å²) in [4.78, 5) is 12.4. The molecule has 5 nitrogen and oxygen atoms in total. The summed E-state index contributed by atoms with van der Waals surface area (Å²) >= 11 is 0. The summed E-state index contributed by atoms with van der Waals surface area (Å²) < 4.78 is 2.30. The Morgan fingerprint density at radius 1 is 1.12 bits per heavy atom. The van der Waals surface area contributed by atoms with E-state index in [-0.39, 0.29) is 5.91 Å². The van der Waals surface area contributed by atoms with Crippen LogP contribution in [0.25, 0.3) is 0 Å². The van der Waals surface area contributed by atoms with Crippen molar-refractivity contribution in [3.05, 3.63) is 41.0 Å². The van der Waals surface area contributed by atoms with Gasteiger partial charge in [0.15, 0.2) is 0 Å². The van der Waals surface area contributed by atoms with Gasteiger partial charge in [0, 0.05) is 31.0 Å². The molecule has 0 radical (unpaired) electrons. The van der Waals surface area contributed by atoms with Crippen molar-refractivity contribution in [2.45, 2.75) is 72.3 Å². The second-order valence-corrected chi connectivity index (χ2v) is 7.99. The molecule has 1 amide bonds. The first kappa shape index (κ1) is 18.6. The quantitative estimate of drug-likeness (QED) is 0.765. The molecule has 0 spiro atoms. The number of benzene rings is 1. The minimum Gasteiger partial charge on any atom is -0.326 e. The SMILES string of the molecule is Cc1cc(C)cc(NC(=O)CCc2nnc(CCC(C)C)n2C2CC2)c1. The maximum absolute atomic E-state index is 12.4. The number of nitrogens with one attached hydrogen (secondary N) is 1. The lowest BCUT2D eigenvalue weighted by atomic mass is 10.1. The lowest BCUT2D eigenvalue weighted by Gasteiger charge is -2.11. The molecule has 3 rings (SSSR count). The maximum Gasteiger partial charge on any atom is 0.224 e. The second-order valence-electron chi connectivity index (χ2n) is 7.99. The highest BCUT2D eigenvalue weighted by Crippen LogP contribution is 2.37. The third kappa shape index (κ3) is 4.93. The van der Waals surface area contributed by atoms with Crippen molar-refractivity contribution < 1.29 is 4.79 Å². The third-order valence-corrected chi connectivity index (χ3v) is 4.78. The molecule has 0 aliphatic heterocycles. The fourth-order valence-electron chi connectivity index (χ4n) is 3.37. The van der Waals surface area contributed by atoms with E-state index < -0.39 is 0 Å². The van der Waals surface area contributed by atoms with Gasteiger partial charge in [0.05, 0.1) is 0 Å². The molecule has 140 valence electrons. The molecule has 1 aliphatic carbocycles. The highest BCUT2D eigenvalue weighted by atomic mass is 16.1. The van der Waals surface area contributed by atoms with Gasteiger partial charge < -0.3 is 9.88 Å². The Hall–Kier alpha value is -2.17. The van der Waals surface area contributed by atoms with E-state index >= 15 is 0 Å². The highest BCUT2D eigenvalue weighted by molar-refractivity contribution is 5.90. The second kappa shape index (κ2) is 8.02. The van der Waals surface area contributed by atoms with Gasteiger partial charge in [-0.25, -0.2) is 0 Å². The number of rotatable bonds is 8. The smallest absolute Gasteiger partial charge is 0.224 e. The molecule has 1 N–H and O–H groups in total. The van der Waals surface area contributed by atoms with Crippen LogP contribution in [0, 0.1) is 19.8 Å². The average Bonchev–Trinajstić information content (AvgIpc) is 3.30. The summed E-state index contributed by atoms with van der Waals surface area (Å²) in [6.07, 6.45) is 5.57. The Morgan fingerprint density at radius 2 is 1.73 bits per heavy atom. The number of nitrogens with zero attached hydrogens (tertiary/aromatic N) is 3. The van der Waals surface area contributed by atoms with Gasteiger partial charge in [-0.05, 0) is 62.3 Å². The van der Waals surface area contributed by atoms with Gasteiger partial charge in [-0.1, -0.05) is 19.9 Å². The van der Waals surface area contributed by atoms with Gasteiger partial charge in [-0.15, -0.1) is 10.2 Å². The minimum absolute atomic E-state index is 0.0316. The van der Waals surface area contributed by atoms with E-state index in [0.717, 1.165) is 41.3 Å². The zero-order chi connectivity index (χ0) is 18.7. The van der Waals surface area contributed by atoms with E-state index in [4.69, 9.17) is 0 Å². The van der Waals surface area contributed by atoms with E-state index in [1.165, 1.54) is 12.8 Å². The van der Waals surface area contributed by atoms with Crippen LogP contribution in [0.3, 0.4) is 0 Å². The largest absolute Gasteiger partial charge is 0.326 e. The molecule has 0 unspecified atom stereocenters. The summed E-state index contributed by atoms with van der Waals surface area (Å²) in [5.74, 6) is 2.74. The van der Waals surface area contributed by atoms with Gasteiger partial charge in [-0.3, -0.25) is 4.79 Å². The molecule has 0 saturated heterocycles. The molecule has 1 aliphatic rings. The first-order valence-corrected chi connectivity index (χ1v) is 9.73. The van der Waals surface area contributed by atoms with Crippen LogP contribution < -0.4 is 5.32 Å². The van der Waals surface area contributed by atoms with E-state index in [9.17, 15) is 4.79 Å². The van der Waals surface area contributed by atoms with Crippen molar-refractivity contribution in [3.63, 3.8) is 0 Å². The molecular weight excluding hydrogens is 324 g/mol. The lowest BCUT2D eigenvalue weighted by molar-refractivity contribution is -0.116. The van der Waals surface area contributed by atoms with Crippen LogP contribution in [-0.2, 0) is 17.6 Å². The molecule has 2 aromatic rings. The van der Waals surface area contributed by atoms with Crippen molar-refractivity contribution >= 4 is 11.6 Å². The molecule has 1 fully saturated rings. The number of anilines is 1. The van der Waals surface area contributed by atoms with Gasteiger partial charge in [-0.2, -0.15) is 0 Å². The average molecular weight is 354 g/mol. The number of hydrogen-bond donors (Lipinski definition) is 1. The number of aryl methyl sites for hydroxylation is 4. The first-order valence-electron chi connectivity index (χ1n) is 9.73. The first-order chi connectivity index (χ1) is 12.4. The van der Waals surface area contributed by atoms with E-state index in [1.807, 2.05) is 26.0 Å². The van der Waals surface area contributed by atoms with Crippen molar-refractivity contribution in [2.24, 2.45) is 5.92 Å². The van der Waals surface area contributed by atoms with Crippen LogP contribution in [-0.4, -0.2) is 20.7 Å². The number of hydrogen-bond acceptors (Lipinski definition) is 3. The van der Waals surface area contributed by atoms with Gasteiger partial charge in [0.25, 0.3) is 0 Å². The van der Waals surface area contributed by atoms with E-state index in [1.54, 1.807) is 0 Å². The summed E-state index contributed by atoms with van der Waals surface area (Å²) in [5.41, 5.74) is 3.18.